The molecule has 0 saturated carbocycles. The number of phenolic OH excluding ortho intramolecular Hbond substituents is 1. The van der Waals surface area contributed by atoms with E-state index in [1.54, 1.807) is 0 Å². The smallest absolute Gasteiger partial charge is 0.315 e. The minimum Gasteiger partial charge on any atom is -0.508 e. The molecule has 88 valence electrons. The Bertz CT molecular complexity index is 399. The number of hydrogen-bond donors (Lipinski definition) is 1. The molecule has 0 aliphatic rings. The standard InChI is InChI=1S/C6H3F7OS/c7-4-1-3(14)2-5(8)6(4)15(9,10,11,12)13/h1-2,14H. The Morgan fingerprint density at radius 1 is 0.867 bits per heavy atom. The molecular formula is C6H3F7OS. The van der Waals surface area contributed by atoms with Gasteiger partial charge in [0, 0.05) is 12.1 Å². The maximum atomic E-state index is 12.5. The summed E-state index contributed by atoms with van der Waals surface area (Å²) in [4.78, 5) is -3.24. The monoisotopic (exact) mass is 256 g/mol. The number of phenols is 1. The second-order valence-corrected chi connectivity index (χ2v) is 5.05. The molecule has 0 heterocycles. The lowest BCUT2D eigenvalue weighted by atomic mass is 10.3. The molecule has 1 rings (SSSR count). The zero-order valence-corrected chi connectivity index (χ0v) is 7.47. The molecule has 15 heavy (non-hydrogen) atoms. The van der Waals surface area contributed by atoms with Crippen molar-refractivity contribution in [2.75, 3.05) is 0 Å². The molecular weight excluding hydrogens is 253 g/mol. The lowest BCUT2D eigenvalue weighted by Gasteiger charge is -2.40. The fourth-order valence-electron chi connectivity index (χ4n) is 0.915. The fourth-order valence-corrected chi connectivity index (χ4v) is 1.77. The molecule has 0 saturated heterocycles. The third-order valence-electron chi connectivity index (χ3n) is 1.37. The molecule has 0 atom stereocenters. The Kier molecular flexibility index (Phi) is 1.86. The Hall–Kier alpha value is -1.12. The van der Waals surface area contributed by atoms with Crippen LogP contribution in [-0.2, 0) is 0 Å². The number of hydrogen-bond acceptors (Lipinski definition) is 1. The molecule has 0 aliphatic heterocycles. The van der Waals surface area contributed by atoms with E-state index in [2.05, 4.69) is 0 Å². The van der Waals surface area contributed by atoms with Crippen molar-refractivity contribution in [3.63, 3.8) is 0 Å². The van der Waals surface area contributed by atoms with E-state index in [1.165, 1.54) is 0 Å². The maximum absolute atomic E-state index is 12.5. The van der Waals surface area contributed by atoms with Crippen molar-refractivity contribution in [3.05, 3.63) is 23.8 Å². The summed E-state index contributed by atoms with van der Waals surface area (Å²) in [6.45, 7) is 0. The predicted octanol–water partition coefficient (Wildman–Crippen LogP) is 4.33. The van der Waals surface area contributed by atoms with Crippen molar-refractivity contribution in [2.45, 2.75) is 4.90 Å². The van der Waals surface area contributed by atoms with Crippen LogP contribution in [0.3, 0.4) is 0 Å². The lowest BCUT2D eigenvalue weighted by Crippen LogP contribution is -2.11. The van der Waals surface area contributed by atoms with Gasteiger partial charge in [-0.25, -0.2) is 8.78 Å². The summed E-state index contributed by atoms with van der Waals surface area (Å²) in [7, 11) is -10.4. The van der Waals surface area contributed by atoms with Gasteiger partial charge in [0.1, 0.15) is 5.75 Å². The Labute approximate surface area is 78.9 Å². The Morgan fingerprint density at radius 2 is 1.20 bits per heavy atom. The van der Waals surface area contributed by atoms with Crippen LogP contribution in [0.1, 0.15) is 0 Å². The van der Waals surface area contributed by atoms with Crippen molar-refractivity contribution in [2.24, 2.45) is 0 Å². The van der Waals surface area contributed by atoms with E-state index in [9.17, 15) is 28.2 Å². The molecule has 1 aromatic carbocycles. The van der Waals surface area contributed by atoms with Crippen LogP contribution in [0.2, 0.25) is 0 Å². The zero-order chi connectivity index (χ0) is 12.1. The first-order chi connectivity index (χ1) is 6.31. The van der Waals surface area contributed by atoms with E-state index < -0.39 is 32.5 Å². The van der Waals surface area contributed by atoms with Crippen molar-refractivity contribution >= 4 is 10.2 Å². The second kappa shape index (κ2) is 2.34. The minimum atomic E-state index is -10.4. The molecule has 0 aromatic heterocycles. The number of halogens is 7. The number of rotatable bonds is 1. The van der Waals surface area contributed by atoms with Gasteiger partial charge < -0.3 is 5.11 Å². The highest BCUT2D eigenvalue weighted by Crippen LogP contribution is 3.02. The molecule has 0 radical (unpaired) electrons. The van der Waals surface area contributed by atoms with Gasteiger partial charge in [0.05, 0.1) is 0 Å². The maximum Gasteiger partial charge on any atom is 0.315 e. The third-order valence-corrected chi connectivity index (χ3v) is 2.53. The fraction of sp³-hybridized carbons (Fsp3) is 0. The summed E-state index contributed by atoms with van der Waals surface area (Å²) >= 11 is 0. The highest BCUT2D eigenvalue weighted by molar-refractivity contribution is 8.45. The lowest BCUT2D eigenvalue weighted by molar-refractivity contribution is 0.343. The first kappa shape index (κ1) is 12.0. The van der Waals surface area contributed by atoms with Crippen LogP contribution in [-0.4, -0.2) is 5.11 Å². The second-order valence-electron chi connectivity index (χ2n) is 2.71. The van der Waals surface area contributed by atoms with Crippen LogP contribution >= 0.6 is 10.2 Å². The normalized spacial score (nSPS) is 17.0. The van der Waals surface area contributed by atoms with Crippen LogP contribution in [0.15, 0.2) is 17.0 Å². The van der Waals surface area contributed by atoms with Gasteiger partial charge in [-0.1, -0.05) is 19.4 Å². The molecule has 0 aliphatic carbocycles. The van der Waals surface area contributed by atoms with Crippen LogP contribution < -0.4 is 0 Å². The van der Waals surface area contributed by atoms with Gasteiger partial charge in [0.2, 0.25) is 0 Å². The first-order valence-electron chi connectivity index (χ1n) is 3.23. The highest BCUT2D eigenvalue weighted by atomic mass is 32.5. The third kappa shape index (κ3) is 2.46. The SMILES string of the molecule is Oc1cc(F)c(S(F)(F)(F)(F)F)c(F)c1. The van der Waals surface area contributed by atoms with E-state index in [0.29, 0.717) is 0 Å². The molecule has 0 fully saturated rings. The number of aromatic hydroxyl groups is 1. The van der Waals surface area contributed by atoms with E-state index >= 15 is 0 Å². The van der Waals surface area contributed by atoms with Crippen LogP contribution in [0.4, 0.5) is 28.2 Å². The zero-order valence-electron chi connectivity index (χ0n) is 6.66. The molecule has 1 nitrogen and oxygen atoms in total. The largest absolute Gasteiger partial charge is 0.508 e. The van der Waals surface area contributed by atoms with Gasteiger partial charge in [0.15, 0.2) is 16.5 Å². The van der Waals surface area contributed by atoms with Crippen LogP contribution in [0, 0.1) is 11.6 Å². The van der Waals surface area contributed by atoms with Gasteiger partial charge in [-0.2, -0.15) is 0 Å². The summed E-state index contributed by atoms with van der Waals surface area (Å²) < 4.78 is 85.3. The quantitative estimate of drug-likeness (QED) is 0.741. The first-order valence-corrected chi connectivity index (χ1v) is 5.18. The summed E-state index contributed by atoms with van der Waals surface area (Å²) in [6.07, 6.45) is 0. The van der Waals surface area contributed by atoms with Gasteiger partial charge in [-0.3, -0.25) is 0 Å². The highest BCUT2D eigenvalue weighted by Gasteiger charge is 2.68. The van der Waals surface area contributed by atoms with Crippen LogP contribution in [0.25, 0.3) is 0 Å². The van der Waals surface area contributed by atoms with E-state index in [-0.39, 0.29) is 12.1 Å². The Balaban J connectivity index is 3.69. The van der Waals surface area contributed by atoms with Crippen molar-refractivity contribution in [3.8, 4) is 5.75 Å². The average molecular weight is 256 g/mol. The van der Waals surface area contributed by atoms with Crippen molar-refractivity contribution in [1.29, 1.82) is 0 Å². The molecule has 0 spiro atoms. The molecule has 0 unspecified atom stereocenters. The summed E-state index contributed by atoms with van der Waals surface area (Å²) in [5.41, 5.74) is 0. The van der Waals surface area contributed by atoms with E-state index in [0.717, 1.165) is 0 Å². The molecule has 0 bridgehead atoms. The van der Waals surface area contributed by atoms with E-state index in [1.807, 2.05) is 0 Å². The van der Waals surface area contributed by atoms with Crippen molar-refractivity contribution in [1.82, 2.24) is 0 Å². The van der Waals surface area contributed by atoms with Crippen molar-refractivity contribution < 1.29 is 33.3 Å². The molecule has 0 amide bonds. The van der Waals surface area contributed by atoms with E-state index in [4.69, 9.17) is 5.11 Å². The van der Waals surface area contributed by atoms with Gasteiger partial charge in [-0.05, 0) is 0 Å². The summed E-state index contributed by atoms with van der Waals surface area (Å²) in [6, 6.07) is -0.480. The van der Waals surface area contributed by atoms with Gasteiger partial charge in [-0.15, -0.1) is 0 Å². The predicted molar refractivity (Wildman–Crippen MR) is 39.4 cm³/mol. The minimum absolute atomic E-state index is 0.240. The summed E-state index contributed by atoms with van der Waals surface area (Å²) in [5, 5.41) is 8.47. The molecule has 1 aromatic rings. The molecule has 1 N–H and O–H groups in total. The van der Waals surface area contributed by atoms with Gasteiger partial charge >= 0.3 is 10.2 Å². The summed E-state index contributed by atoms with van der Waals surface area (Å²) in [5.74, 6) is -6.31. The Morgan fingerprint density at radius 3 is 1.47 bits per heavy atom. The molecule has 9 heteroatoms. The van der Waals surface area contributed by atoms with Crippen LogP contribution in [0.5, 0.6) is 5.75 Å². The topological polar surface area (TPSA) is 20.2 Å². The average Bonchev–Trinajstić information content (AvgIpc) is 1.74. The number of benzene rings is 1. The van der Waals surface area contributed by atoms with Gasteiger partial charge in [0.25, 0.3) is 0 Å².